The fourth-order valence-electron chi connectivity index (χ4n) is 4.39. The van der Waals surface area contributed by atoms with Crippen LogP contribution in [0.15, 0.2) is 10.7 Å². The minimum Gasteiger partial charge on any atom is -0.443 e. The van der Waals surface area contributed by atoms with E-state index in [1.807, 2.05) is 0 Å². The fraction of sp³-hybridized carbons (Fsp3) is 0.722. The quantitative estimate of drug-likeness (QED) is 0.728. The summed E-state index contributed by atoms with van der Waals surface area (Å²) < 4.78 is 10.9. The maximum Gasteiger partial charge on any atom is 0.417 e. The van der Waals surface area contributed by atoms with E-state index < -0.39 is 11.7 Å². The standard InChI is InChI=1S/C18H26N2O4/c1-16(2,3)23-15(22)20-10-18(6)8-11-9-19-24-14(11)17(4,5)12(18)7-13(20)21/h9,12H,7-8,10H2,1-6H3. The largest absolute Gasteiger partial charge is 0.443 e. The monoisotopic (exact) mass is 334 g/mol. The first-order valence-electron chi connectivity index (χ1n) is 8.41. The Morgan fingerprint density at radius 1 is 1.38 bits per heavy atom. The van der Waals surface area contributed by atoms with E-state index in [2.05, 4.69) is 25.9 Å². The van der Waals surface area contributed by atoms with E-state index >= 15 is 0 Å². The lowest BCUT2D eigenvalue weighted by Gasteiger charge is -2.53. The second-order valence-corrected chi connectivity index (χ2v) is 8.95. The van der Waals surface area contributed by atoms with E-state index in [4.69, 9.17) is 9.26 Å². The van der Waals surface area contributed by atoms with Gasteiger partial charge < -0.3 is 9.26 Å². The molecule has 0 spiro atoms. The number of piperidine rings is 1. The van der Waals surface area contributed by atoms with Crippen LogP contribution in [0, 0.1) is 11.3 Å². The smallest absolute Gasteiger partial charge is 0.417 e. The molecular weight excluding hydrogens is 308 g/mol. The second-order valence-electron chi connectivity index (χ2n) is 8.95. The Morgan fingerprint density at radius 3 is 2.67 bits per heavy atom. The number of fused-ring (bicyclic) bond motifs is 2. The highest BCUT2D eigenvalue weighted by molar-refractivity contribution is 5.93. The molecule has 0 N–H and O–H groups in total. The number of hydrogen-bond acceptors (Lipinski definition) is 5. The number of aromatic nitrogens is 1. The topological polar surface area (TPSA) is 72.6 Å². The molecule has 2 unspecified atom stereocenters. The van der Waals surface area contributed by atoms with Gasteiger partial charge in [-0.25, -0.2) is 9.69 Å². The highest BCUT2D eigenvalue weighted by Crippen LogP contribution is 2.54. The molecule has 24 heavy (non-hydrogen) atoms. The number of imide groups is 1. The van der Waals surface area contributed by atoms with Crippen molar-refractivity contribution in [2.24, 2.45) is 11.3 Å². The van der Waals surface area contributed by atoms with Gasteiger partial charge in [-0.3, -0.25) is 4.79 Å². The Labute approximate surface area is 142 Å². The van der Waals surface area contributed by atoms with Gasteiger partial charge in [0, 0.05) is 23.9 Å². The highest BCUT2D eigenvalue weighted by Gasteiger charge is 2.56. The highest BCUT2D eigenvalue weighted by atomic mass is 16.6. The first-order valence-corrected chi connectivity index (χ1v) is 8.41. The Balaban J connectivity index is 1.92. The van der Waals surface area contributed by atoms with Gasteiger partial charge >= 0.3 is 6.09 Å². The molecule has 1 aliphatic carbocycles. The molecule has 2 heterocycles. The summed E-state index contributed by atoms with van der Waals surface area (Å²) in [4.78, 5) is 26.4. The van der Waals surface area contributed by atoms with E-state index in [0.29, 0.717) is 13.0 Å². The minimum absolute atomic E-state index is 0.0941. The molecule has 3 rings (SSSR count). The Hall–Kier alpha value is -1.85. The van der Waals surface area contributed by atoms with Crippen LogP contribution in [0.4, 0.5) is 4.79 Å². The SMILES string of the molecule is CC(C)(C)OC(=O)N1CC2(C)Cc3cnoc3C(C)(C)C2CC1=O. The van der Waals surface area contributed by atoms with Gasteiger partial charge in [-0.15, -0.1) is 0 Å². The maximum absolute atomic E-state index is 12.6. The number of likely N-dealkylation sites (tertiary alicyclic amines) is 1. The van der Waals surface area contributed by atoms with E-state index in [-0.39, 0.29) is 22.7 Å². The number of carbonyl (C=O) groups excluding carboxylic acids is 2. The summed E-state index contributed by atoms with van der Waals surface area (Å²) in [5, 5.41) is 3.94. The summed E-state index contributed by atoms with van der Waals surface area (Å²) in [5.74, 6) is 0.780. The van der Waals surface area contributed by atoms with Crippen molar-refractivity contribution in [2.45, 2.75) is 65.4 Å². The van der Waals surface area contributed by atoms with Crippen LogP contribution in [0.2, 0.25) is 0 Å². The molecule has 0 aromatic carbocycles. The lowest BCUT2D eigenvalue weighted by atomic mass is 9.54. The molecule has 1 aromatic rings. The number of ether oxygens (including phenoxy) is 1. The molecule has 2 amide bonds. The van der Waals surface area contributed by atoms with Gasteiger partial charge in [-0.05, 0) is 38.5 Å². The van der Waals surface area contributed by atoms with E-state index in [1.54, 1.807) is 27.0 Å². The van der Waals surface area contributed by atoms with Crippen LogP contribution < -0.4 is 0 Å². The third kappa shape index (κ3) is 2.62. The van der Waals surface area contributed by atoms with Gasteiger partial charge in [0.15, 0.2) is 0 Å². The molecule has 1 aromatic heterocycles. The van der Waals surface area contributed by atoms with Crippen LogP contribution in [0.1, 0.15) is 59.3 Å². The summed E-state index contributed by atoms with van der Waals surface area (Å²) in [6, 6.07) is 0. The summed E-state index contributed by atoms with van der Waals surface area (Å²) in [6.45, 7) is 12.1. The molecule has 0 radical (unpaired) electrons. The zero-order valence-corrected chi connectivity index (χ0v) is 15.3. The number of hydrogen-bond donors (Lipinski definition) is 0. The summed E-state index contributed by atoms with van der Waals surface area (Å²) in [6.07, 6.45) is 2.25. The van der Waals surface area contributed by atoms with Gasteiger partial charge in [-0.2, -0.15) is 0 Å². The Bertz CT molecular complexity index is 685. The number of amides is 2. The molecule has 2 aliphatic rings. The predicted octanol–water partition coefficient (Wildman–Crippen LogP) is 3.30. The van der Waals surface area contributed by atoms with Gasteiger partial charge in [0.2, 0.25) is 5.91 Å². The predicted molar refractivity (Wildman–Crippen MR) is 87.4 cm³/mol. The molecule has 2 atom stereocenters. The van der Waals surface area contributed by atoms with Gasteiger partial charge in [0.05, 0.1) is 6.20 Å². The lowest BCUT2D eigenvalue weighted by Crippen LogP contribution is -2.59. The average molecular weight is 334 g/mol. The van der Waals surface area contributed by atoms with Crippen molar-refractivity contribution in [2.75, 3.05) is 6.54 Å². The second kappa shape index (κ2) is 5.07. The van der Waals surface area contributed by atoms with Crippen LogP contribution in [-0.2, 0) is 21.4 Å². The van der Waals surface area contributed by atoms with Crippen molar-refractivity contribution in [3.8, 4) is 0 Å². The lowest BCUT2D eigenvalue weighted by molar-refractivity contribution is -0.143. The van der Waals surface area contributed by atoms with Gasteiger partial charge in [-0.1, -0.05) is 25.9 Å². The van der Waals surface area contributed by atoms with E-state index in [0.717, 1.165) is 17.7 Å². The van der Waals surface area contributed by atoms with Crippen LogP contribution in [-0.4, -0.2) is 34.2 Å². The van der Waals surface area contributed by atoms with E-state index in [1.165, 1.54) is 4.90 Å². The molecule has 1 aliphatic heterocycles. The summed E-state index contributed by atoms with van der Waals surface area (Å²) in [7, 11) is 0. The number of nitrogens with zero attached hydrogens (tertiary/aromatic N) is 2. The van der Waals surface area contributed by atoms with Gasteiger partial charge in [0.1, 0.15) is 11.4 Å². The summed E-state index contributed by atoms with van der Waals surface area (Å²) in [5.41, 5.74) is -0.0681. The molecule has 6 nitrogen and oxygen atoms in total. The van der Waals surface area contributed by atoms with Crippen LogP contribution in [0.3, 0.4) is 0 Å². The van der Waals surface area contributed by atoms with Crippen molar-refractivity contribution in [1.82, 2.24) is 10.1 Å². The van der Waals surface area contributed by atoms with Gasteiger partial charge in [0.25, 0.3) is 0 Å². The molecule has 0 bridgehead atoms. The first-order chi connectivity index (χ1) is 10.9. The average Bonchev–Trinajstić information content (AvgIpc) is 2.87. The molecule has 0 saturated carbocycles. The Morgan fingerprint density at radius 2 is 2.04 bits per heavy atom. The zero-order chi connectivity index (χ0) is 17.9. The van der Waals surface area contributed by atoms with Crippen LogP contribution >= 0.6 is 0 Å². The molecule has 1 fully saturated rings. The third-order valence-corrected chi connectivity index (χ3v) is 5.35. The van der Waals surface area contributed by atoms with Crippen molar-refractivity contribution in [3.63, 3.8) is 0 Å². The number of carbonyl (C=O) groups is 2. The van der Waals surface area contributed by atoms with Crippen LogP contribution in [0.25, 0.3) is 0 Å². The minimum atomic E-state index is -0.622. The first kappa shape index (κ1) is 17.0. The number of rotatable bonds is 0. The fourth-order valence-corrected chi connectivity index (χ4v) is 4.39. The summed E-state index contributed by atoms with van der Waals surface area (Å²) >= 11 is 0. The van der Waals surface area contributed by atoms with Crippen molar-refractivity contribution < 1.29 is 18.8 Å². The molecule has 1 saturated heterocycles. The van der Waals surface area contributed by atoms with Crippen molar-refractivity contribution in [3.05, 3.63) is 17.5 Å². The van der Waals surface area contributed by atoms with E-state index in [9.17, 15) is 9.59 Å². The zero-order valence-electron chi connectivity index (χ0n) is 15.3. The van der Waals surface area contributed by atoms with Crippen molar-refractivity contribution in [1.29, 1.82) is 0 Å². The Kier molecular flexibility index (Phi) is 3.59. The normalized spacial score (nSPS) is 29.0. The third-order valence-electron chi connectivity index (χ3n) is 5.35. The molecule has 132 valence electrons. The van der Waals surface area contributed by atoms with Crippen molar-refractivity contribution >= 4 is 12.0 Å². The maximum atomic E-state index is 12.6. The van der Waals surface area contributed by atoms with Crippen LogP contribution in [0.5, 0.6) is 0 Å². The molecular formula is C18H26N2O4. The molecule has 6 heteroatoms.